The molecule has 2 fully saturated rings. The molecule has 1 N–H and O–H groups in total. The molecular formula is C20H24N4O. The van der Waals surface area contributed by atoms with Gasteiger partial charge in [-0.25, -0.2) is 9.97 Å². The Hall–Kier alpha value is -2.43. The van der Waals surface area contributed by atoms with E-state index in [0.717, 1.165) is 44.3 Å². The second kappa shape index (κ2) is 6.47. The highest BCUT2D eigenvalue weighted by molar-refractivity contribution is 5.94. The predicted octanol–water partition coefficient (Wildman–Crippen LogP) is 3.28. The summed E-state index contributed by atoms with van der Waals surface area (Å²) in [6.07, 6.45) is 8.02. The number of aryl methyl sites for hydroxylation is 1. The summed E-state index contributed by atoms with van der Waals surface area (Å²) >= 11 is 0. The monoisotopic (exact) mass is 336 g/mol. The van der Waals surface area contributed by atoms with Crippen molar-refractivity contribution in [2.45, 2.75) is 38.6 Å². The number of likely N-dealkylation sites (tertiary alicyclic amines) is 1. The van der Waals surface area contributed by atoms with E-state index in [9.17, 15) is 4.79 Å². The van der Waals surface area contributed by atoms with Gasteiger partial charge in [0, 0.05) is 37.1 Å². The van der Waals surface area contributed by atoms with E-state index in [4.69, 9.17) is 0 Å². The maximum atomic E-state index is 12.6. The van der Waals surface area contributed by atoms with E-state index in [1.165, 1.54) is 5.56 Å². The molecule has 1 saturated heterocycles. The Kier molecular flexibility index (Phi) is 4.15. The summed E-state index contributed by atoms with van der Waals surface area (Å²) in [5.41, 5.74) is 2.39. The molecule has 2 aromatic rings. The minimum Gasteiger partial charge on any atom is -0.351 e. The second-order valence-electron chi connectivity index (χ2n) is 7.48. The molecule has 2 aliphatic rings. The molecule has 130 valence electrons. The Morgan fingerprint density at radius 3 is 2.40 bits per heavy atom. The van der Waals surface area contributed by atoms with Gasteiger partial charge in [-0.05, 0) is 56.2 Å². The Bertz CT molecular complexity index is 728. The summed E-state index contributed by atoms with van der Waals surface area (Å²) in [6.45, 7) is 3.77. The van der Waals surface area contributed by atoms with Gasteiger partial charge < -0.3 is 10.2 Å². The molecule has 1 aromatic carbocycles. The Balaban J connectivity index is 1.29. The Labute approximate surface area is 148 Å². The van der Waals surface area contributed by atoms with Crippen molar-refractivity contribution < 1.29 is 4.79 Å². The molecule has 1 aliphatic carbocycles. The molecule has 25 heavy (non-hydrogen) atoms. The number of anilines is 1. The first-order chi connectivity index (χ1) is 12.1. The molecule has 1 aromatic heterocycles. The van der Waals surface area contributed by atoms with Gasteiger partial charge >= 0.3 is 0 Å². The third-order valence-corrected chi connectivity index (χ3v) is 5.67. The smallest absolute Gasteiger partial charge is 0.253 e. The van der Waals surface area contributed by atoms with Crippen LogP contribution in [-0.2, 0) is 0 Å². The van der Waals surface area contributed by atoms with Crippen molar-refractivity contribution in [3.05, 3.63) is 53.9 Å². The fourth-order valence-electron chi connectivity index (χ4n) is 4.11. The quantitative estimate of drug-likeness (QED) is 0.934. The number of carbonyl (C=O) groups is 1. The molecule has 0 radical (unpaired) electrons. The SMILES string of the molecule is Cc1ccc(C(=O)N2CCC3(CC2)CC(Nc2ncccn2)C3)cc1. The van der Waals surface area contributed by atoms with Crippen LogP contribution in [-0.4, -0.2) is 39.9 Å². The number of carbonyl (C=O) groups excluding carboxylic acids is 1. The van der Waals surface area contributed by atoms with Gasteiger partial charge in [0.25, 0.3) is 5.91 Å². The normalized spacial score (nSPS) is 19.5. The van der Waals surface area contributed by atoms with Gasteiger partial charge in [0.1, 0.15) is 0 Å². The maximum Gasteiger partial charge on any atom is 0.253 e. The molecule has 1 amide bonds. The van der Waals surface area contributed by atoms with Crippen molar-refractivity contribution >= 4 is 11.9 Å². The number of amides is 1. The summed E-state index contributed by atoms with van der Waals surface area (Å²) in [4.78, 5) is 23.1. The first-order valence-corrected chi connectivity index (χ1v) is 9.03. The fraction of sp³-hybridized carbons (Fsp3) is 0.450. The third-order valence-electron chi connectivity index (χ3n) is 5.67. The lowest BCUT2D eigenvalue weighted by Gasteiger charge is -2.52. The zero-order valence-electron chi connectivity index (χ0n) is 14.6. The lowest BCUT2D eigenvalue weighted by atomic mass is 9.60. The van der Waals surface area contributed by atoms with Crippen LogP contribution in [0.25, 0.3) is 0 Å². The van der Waals surface area contributed by atoms with Crippen molar-refractivity contribution in [2.75, 3.05) is 18.4 Å². The van der Waals surface area contributed by atoms with Crippen LogP contribution >= 0.6 is 0 Å². The van der Waals surface area contributed by atoms with E-state index < -0.39 is 0 Å². The average molecular weight is 336 g/mol. The predicted molar refractivity (Wildman–Crippen MR) is 97.4 cm³/mol. The minimum atomic E-state index is 0.168. The molecule has 1 saturated carbocycles. The van der Waals surface area contributed by atoms with Crippen LogP contribution in [0.1, 0.15) is 41.6 Å². The Morgan fingerprint density at radius 2 is 1.76 bits per heavy atom. The van der Waals surface area contributed by atoms with Crippen molar-refractivity contribution in [2.24, 2.45) is 5.41 Å². The molecule has 1 aliphatic heterocycles. The van der Waals surface area contributed by atoms with E-state index in [1.54, 1.807) is 12.4 Å². The molecule has 4 rings (SSSR count). The van der Waals surface area contributed by atoms with Crippen LogP contribution < -0.4 is 5.32 Å². The van der Waals surface area contributed by atoms with Crippen LogP contribution in [0.3, 0.4) is 0 Å². The van der Waals surface area contributed by atoms with Gasteiger partial charge in [-0.3, -0.25) is 4.79 Å². The second-order valence-corrected chi connectivity index (χ2v) is 7.48. The number of aromatic nitrogens is 2. The number of hydrogen-bond donors (Lipinski definition) is 1. The number of nitrogens with one attached hydrogen (secondary N) is 1. The molecule has 0 atom stereocenters. The van der Waals surface area contributed by atoms with Crippen molar-refractivity contribution in [3.8, 4) is 0 Å². The molecule has 0 unspecified atom stereocenters. The highest BCUT2D eigenvalue weighted by Gasteiger charge is 2.46. The zero-order chi connectivity index (χ0) is 17.3. The number of benzene rings is 1. The lowest BCUT2D eigenvalue weighted by Crippen LogP contribution is -2.52. The van der Waals surface area contributed by atoms with Gasteiger partial charge in [0.15, 0.2) is 0 Å². The number of rotatable bonds is 3. The topological polar surface area (TPSA) is 58.1 Å². The highest BCUT2D eigenvalue weighted by atomic mass is 16.2. The molecule has 1 spiro atoms. The Morgan fingerprint density at radius 1 is 1.12 bits per heavy atom. The summed E-state index contributed by atoms with van der Waals surface area (Å²) in [5.74, 6) is 0.885. The molecule has 0 bridgehead atoms. The molecule has 5 heteroatoms. The van der Waals surface area contributed by atoms with Gasteiger partial charge in [-0.15, -0.1) is 0 Å². The summed E-state index contributed by atoms with van der Waals surface area (Å²) in [5, 5.41) is 3.41. The average Bonchev–Trinajstić information content (AvgIpc) is 2.62. The maximum absolute atomic E-state index is 12.6. The molecule has 2 heterocycles. The van der Waals surface area contributed by atoms with Crippen molar-refractivity contribution in [1.29, 1.82) is 0 Å². The van der Waals surface area contributed by atoms with Gasteiger partial charge in [-0.1, -0.05) is 17.7 Å². The van der Waals surface area contributed by atoms with Crippen LogP contribution in [0.4, 0.5) is 5.95 Å². The summed E-state index contributed by atoms with van der Waals surface area (Å²) in [6, 6.07) is 10.2. The van der Waals surface area contributed by atoms with E-state index >= 15 is 0 Å². The highest BCUT2D eigenvalue weighted by Crippen LogP contribution is 2.49. The zero-order valence-corrected chi connectivity index (χ0v) is 14.6. The van der Waals surface area contributed by atoms with Crippen molar-refractivity contribution in [1.82, 2.24) is 14.9 Å². The number of piperidine rings is 1. The summed E-state index contributed by atoms with van der Waals surface area (Å²) in [7, 11) is 0. The van der Waals surface area contributed by atoms with Crippen molar-refractivity contribution in [3.63, 3.8) is 0 Å². The van der Waals surface area contributed by atoms with Crippen LogP contribution in [0.2, 0.25) is 0 Å². The standard InChI is InChI=1S/C20H24N4O/c1-15-3-5-16(6-4-15)18(25)24-11-7-20(8-12-24)13-17(14-20)23-19-21-9-2-10-22-19/h2-6,9-10,17H,7-8,11-14H2,1H3,(H,21,22,23). The van der Waals surface area contributed by atoms with Crippen LogP contribution in [0.5, 0.6) is 0 Å². The van der Waals surface area contributed by atoms with E-state index in [0.29, 0.717) is 17.4 Å². The van der Waals surface area contributed by atoms with E-state index in [2.05, 4.69) is 15.3 Å². The largest absolute Gasteiger partial charge is 0.351 e. The first-order valence-electron chi connectivity index (χ1n) is 9.03. The van der Waals surface area contributed by atoms with Gasteiger partial charge in [0.05, 0.1) is 0 Å². The van der Waals surface area contributed by atoms with Crippen LogP contribution in [0.15, 0.2) is 42.7 Å². The van der Waals surface area contributed by atoms with E-state index in [-0.39, 0.29) is 5.91 Å². The third kappa shape index (κ3) is 3.36. The fourth-order valence-corrected chi connectivity index (χ4v) is 4.11. The molecule has 5 nitrogen and oxygen atoms in total. The van der Waals surface area contributed by atoms with Gasteiger partial charge in [-0.2, -0.15) is 0 Å². The molecular weight excluding hydrogens is 312 g/mol. The minimum absolute atomic E-state index is 0.168. The number of nitrogens with zero attached hydrogens (tertiary/aromatic N) is 3. The van der Waals surface area contributed by atoms with Crippen LogP contribution in [0, 0.1) is 12.3 Å². The summed E-state index contributed by atoms with van der Waals surface area (Å²) < 4.78 is 0. The van der Waals surface area contributed by atoms with E-state index in [1.807, 2.05) is 42.2 Å². The lowest BCUT2D eigenvalue weighted by molar-refractivity contribution is 0.0218. The first kappa shape index (κ1) is 16.1. The number of hydrogen-bond acceptors (Lipinski definition) is 4. The van der Waals surface area contributed by atoms with Gasteiger partial charge in [0.2, 0.25) is 5.95 Å².